The van der Waals surface area contributed by atoms with Gasteiger partial charge in [-0.3, -0.25) is 0 Å². The molecule has 1 aliphatic carbocycles. The minimum absolute atomic E-state index is 0.0177. The van der Waals surface area contributed by atoms with E-state index in [0.29, 0.717) is 6.54 Å². The molecular weight excluding hydrogens is 351 g/mol. The van der Waals surface area contributed by atoms with Crippen LogP contribution >= 0.6 is 0 Å². The maximum Gasteiger partial charge on any atom is 0.316 e. The first-order chi connectivity index (χ1) is 13.1. The van der Waals surface area contributed by atoms with Crippen LogP contribution in [-0.4, -0.2) is 35.3 Å². The van der Waals surface area contributed by atoms with Crippen LogP contribution in [-0.2, 0) is 6.54 Å². The maximum absolute atomic E-state index is 12.8. The lowest BCUT2D eigenvalue weighted by molar-refractivity contribution is 0.128. The first-order valence-corrected chi connectivity index (χ1v) is 8.94. The zero-order valence-electron chi connectivity index (χ0n) is 15.2. The number of carbonyl (C=O) groups excluding carboxylic acids is 1. The Morgan fingerprint density at radius 2 is 1.81 bits per heavy atom. The van der Waals surface area contributed by atoms with E-state index in [9.17, 15) is 9.18 Å². The summed E-state index contributed by atoms with van der Waals surface area (Å²) in [4.78, 5) is 19.7. The number of carbonyl (C=O) groups is 1. The number of methoxy groups -OCH3 is 1. The van der Waals surface area contributed by atoms with Gasteiger partial charge in [0.15, 0.2) is 5.82 Å². The van der Waals surface area contributed by atoms with E-state index in [1.54, 1.807) is 7.11 Å². The Morgan fingerprint density at radius 1 is 1.15 bits per heavy atom. The standard InChI is InChI=1S/C19H23FN4O3/c1-26-16-6-2-13(3-7-16)10-21-18(25)24-15-4-8-17(9-5-15)27-19-22-11-14(20)12-23-19/h2-3,6-7,11-12,15,17H,4-5,8-10H2,1H3,(H2,21,24,25). The third-order valence-corrected chi connectivity index (χ3v) is 4.49. The highest BCUT2D eigenvalue weighted by Gasteiger charge is 2.24. The van der Waals surface area contributed by atoms with Crippen molar-refractivity contribution < 1.29 is 18.7 Å². The Morgan fingerprint density at radius 3 is 2.44 bits per heavy atom. The van der Waals surface area contributed by atoms with Gasteiger partial charge in [0.2, 0.25) is 0 Å². The number of rotatable bonds is 6. The highest BCUT2D eigenvalue weighted by Crippen LogP contribution is 2.22. The van der Waals surface area contributed by atoms with Gasteiger partial charge in [0, 0.05) is 12.6 Å². The lowest BCUT2D eigenvalue weighted by atomic mass is 9.93. The number of nitrogens with zero attached hydrogens (tertiary/aromatic N) is 2. The van der Waals surface area contributed by atoms with Crippen LogP contribution < -0.4 is 20.1 Å². The number of benzene rings is 1. The summed E-state index contributed by atoms with van der Waals surface area (Å²) in [5.41, 5.74) is 1.00. The van der Waals surface area contributed by atoms with Gasteiger partial charge >= 0.3 is 12.0 Å². The number of aromatic nitrogens is 2. The van der Waals surface area contributed by atoms with Gasteiger partial charge < -0.3 is 20.1 Å². The van der Waals surface area contributed by atoms with Gasteiger partial charge in [-0.2, -0.15) is 0 Å². The average molecular weight is 374 g/mol. The molecular formula is C19H23FN4O3. The molecule has 1 aromatic heterocycles. The molecule has 8 heteroatoms. The number of urea groups is 1. The summed E-state index contributed by atoms with van der Waals surface area (Å²) in [6.07, 6.45) is 5.33. The normalized spacial score (nSPS) is 19.2. The number of amides is 2. The molecule has 0 unspecified atom stereocenters. The third kappa shape index (κ3) is 5.80. The quantitative estimate of drug-likeness (QED) is 0.812. The zero-order valence-corrected chi connectivity index (χ0v) is 15.2. The molecule has 0 bridgehead atoms. The molecule has 1 heterocycles. The van der Waals surface area contributed by atoms with Crippen LogP contribution in [0.1, 0.15) is 31.2 Å². The van der Waals surface area contributed by atoms with Gasteiger partial charge in [-0.05, 0) is 43.4 Å². The minimum atomic E-state index is -0.490. The molecule has 144 valence electrons. The van der Waals surface area contributed by atoms with Gasteiger partial charge in [-0.15, -0.1) is 0 Å². The second kappa shape index (κ2) is 9.16. The first kappa shape index (κ1) is 18.9. The van der Waals surface area contributed by atoms with E-state index in [0.717, 1.165) is 49.4 Å². The fourth-order valence-corrected chi connectivity index (χ4v) is 3.00. The highest BCUT2D eigenvalue weighted by atomic mass is 19.1. The van der Waals surface area contributed by atoms with Crippen molar-refractivity contribution in [3.8, 4) is 11.8 Å². The van der Waals surface area contributed by atoms with Gasteiger partial charge in [-0.1, -0.05) is 12.1 Å². The molecule has 3 rings (SSSR count). The lowest BCUT2D eigenvalue weighted by Crippen LogP contribution is -2.44. The zero-order chi connectivity index (χ0) is 19.1. The van der Waals surface area contributed by atoms with Gasteiger partial charge in [-0.25, -0.2) is 19.2 Å². The Labute approximate surface area is 157 Å². The van der Waals surface area contributed by atoms with Crippen molar-refractivity contribution in [2.45, 2.75) is 44.4 Å². The summed E-state index contributed by atoms with van der Waals surface area (Å²) in [5, 5.41) is 5.85. The van der Waals surface area contributed by atoms with Crippen molar-refractivity contribution in [1.29, 1.82) is 0 Å². The lowest BCUT2D eigenvalue weighted by Gasteiger charge is -2.28. The minimum Gasteiger partial charge on any atom is -0.497 e. The van der Waals surface area contributed by atoms with Crippen LogP contribution in [0.5, 0.6) is 11.8 Å². The number of hydrogen-bond acceptors (Lipinski definition) is 5. The largest absolute Gasteiger partial charge is 0.497 e. The van der Waals surface area contributed by atoms with E-state index in [1.807, 2.05) is 24.3 Å². The first-order valence-electron chi connectivity index (χ1n) is 8.94. The molecule has 2 N–H and O–H groups in total. The molecule has 2 aromatic rings. The van der Waals surface area contributed by atoms with Crippen LogP contribution in [0.15, 0.2) is 36.7 Å². The van der Waals surface area contributed by atoms with Crippen LogP contribution in [0, 0.1) is 5.82 Å². The van der Waals surface area contributed by atoms with Crippen LogP contribution in [0.2, 0.25) is 0 Å². The molecule has 0 saturated heterocycles. The molecule has 2 amide bonds. The molecule has 1 aromatic carbocycles. The van der Waals surface area contributed by atoms with Crippen LogP contribution in [0.25, 0.3) is 0 Å². The molecule has 0 aliphatic heterocycles. The SMILES string of the molecule is COc1ccc(CNC(=O)NC2CCC(Oc3ncc(F)cn3)CC2)cc1. The summed E-state index contributed by atoms with van der Waals surface area (Å²) in [6.45, 7) is 0.455. The highest BCUT2D eigenvalue weighted by molar-refractivity contribution is 5.74. The van der Waals surface area contributed by atoms with E-state index in [1.165, 1.54) is 0 Å². The summed E-state index contributed by atoms with van der Waals surface area (Å²) in [6, 6.07) is 7.66. The summed E-state index contributed by atoms with van der Waals surface area (Å²) in [7, 11) is 1.62. The topological polar surface area (TPSA) is 85.4 Å². The molecule has 0 spiro atoms. The molecule has 0 radical (unpaired) electrons. The predicted molar refractivity (Wildman–Crippen MR) is 97.0 cm³/mol. The molecule has 0 atom stereocenters. The van der Waals surface area contributed by atoms with Crippen molar-refractivity contribution in [2.24, 2.45) is 0 Å². The van der Waals surface area contributed by atoms with Crippen LogP contribution in [0.4, 0.5) is 9.18 Å². The number of nitrogens with one attached hydrogen (secondary N) is 2. The molecule has 27 heavy (non-hydrogen) atoms. The van der Waals surface area contributed by atoms with E-state index in [-0.39, 0.29) is 24.2 Å². The van der Waals surface area contributed by atoms with Crippen LogP contribution in [0.3, 0.4) is 0 Å². The van der Waals surface area contributed by atoms with E-state index in [4.69, 9.17) is 9.47 Å². The number of halogens is 1. The Hall–Kier alpha value is -2.90. The van der Waals surface area contributed by atoms with Gasteiger partial charge in [0.25, 0.3) is 0 Å². The Balaban J connectivity index is 1.36. The van der Waals surface area contributed by atoms with Crippen molar-refractivity contribution in [3.63, 3.8) is 0 Å². The molecule has 1 fully saturated rings. The molecule has 1 saturated carbocycles. The fraction of sp³-hybridized carbons (Fsp3) is 0.421. The van der Waals surface area contributed by atoms with Crippen molar-refractivity contribution >= 4 is 6.03 Å². The number of hydrogen-bond donors (Lipinski definition) is 2. The average Bonchev–Trinajstić information content (AvgIpc) is 2.70. The Kier molecular flexibility index (Phi) is 6.40. The van der Waals surface area contributed by atoms with E-state index < -0.39 is 5.82 Å². The molecule has 1 aliphatic rings. The monoisotopic (exact) mass is 374 g/mol. The van der Waals surface area contributed by atoms with Crippen molar-refractivity contribution in [3.05, 3.63) is 48.0 Å². The van der Waals surface area contributed by atoms with E-state index in [2.05, 4.69) is 20.6 Å². The second-order valence-electron chi connectivity index (χ2n) is 6.45. The van der Waals surface area contributed by atoms with E-state index >= 15 is 0 Å². The summed E-state index contributed by atoms with van der Waals surface area (Å²) < 4.78 is 23.6. The summed E-state index contributed by atoms with van der Waals surface area (Å²) in [5.74, 6) is 0.295. The van der Waals surface area contributed by atoms with Crippen molar-refractivity contribution in [2.75, 3.05) is 7.11 Å². The predicted octanol–water partition coefficient (Wildman–Crippen LogP) is 2.81. The van der Waals surface area contributed by atoms with Gasteiger partial charge in [0.05, 0.1) is 19.5 Å². The number of ether oxygens (including phenoxy) is 2. The van der Waals surface area contributed by atoms with Crippen molar-refractivity contribution in [1.82, 2.24) is 20.6 Å². The second-order valence-corrected chi connectivity index (χ2v) is 6.45. The molecule has 7 nitrogen and oxygen atoms in total. The van der Waals surface area contributed by atoms with Gasteiger partial charge in [0.1, 0.15) is 11.9 Å². The third-order valence-electron chi connectivity index (χ3n) is 4.49. The smallest absolute Gasteiger partial charge is 0.316 e. The maximum atomic E-state index is 12.8. The Bertz CT molecular complexity index is 732. The summed E-state index contributed by atoms with van der Waals surface area (Å²) >= 11 is 0. The fourth-order valence-electron chi connectivity index (χ4n) is 3.00.